The first kappa shape index (κ1) is 14.0. The lowest BCUT2D eigenvalue weighted by atomic mass is 10.2. The lowest BCUT2D eigenvalue weighted by Crippen LogP contribution is -2.16. The van der Waals surface area contributed by atoms with Gasteiger partial charge in [0.15, 0.2) is 5.71 Å². The quantitative estimate of drug-likeness (QED) is 0.643. The van der Waals surface area contributed by atoms with Crippen LogP contribution in [0, 0.1) is 13.8 Å². The molecule has 1 saturated carbocycles. The third-order valence-electron chi connectivity index (χ3n) is 3.73. The van der Waals surface area contributed by atoms with Gasteiger partial charge in [0.1, 0.15) is 11.4 Å². The predicted octanol–water partition coefficient (Wildman–Crippen LogP) is 4.57. The molecule has 2 aromatic carbocycles. The first-order valence-corrected chi connectivity index (χ1v) is 7.40. The molecule has 0 saturated heterocycles. The fourth-order valence-corrected chi connectivity index (χ4v) is 2.41. The monoisotopic (exact) mass is 301 g/mol. The van der Waals surface area contributed by atoms with Crippen molar-refractivity contribution < 1.29 is 9.79 Å². The number of aryl methyl sites for hydroxylation is 1. The lowest BCUT2D eigenvalue weighted by Gasteiger charge is -2.09. The van der Waals surface area contributed by atoms with Gasteiger partial charge in [0.2, 0.25) is 5.69 Å². The maximum Gasteiger partial charge on any atom is 0.236 e. The van der Waals surface area contributed by atoms with E-state index in [9.17, 15) is 5.11 Å². The average molecular weight is 302 g/mol. The number of anilines is 1. The van der Waals surface area contributed by atoms with Gasteiger partial charge in [-0.25, -0.2) is 0 Å². The summed E-state index contributed by atoms with van der Waals surface area (Å²) in [6, 6.07) is 11.5. The minimum absolute atomic E-state index is 0.318. The number of halogens is 1. The summed E-state index contributed by atoms with van der Waals surface area (Å²) in [4.78, 5) is 0. The topological polar surface area (TPSA) is 35.3 Å². The zero-order valence-electron chi connectivity index (χ0n) is 12.2. The molecule has 108 valence electrons. The van der Waals surface area contributed by atoms with Gasteiger partial charge in [-0.3, -0.25) is 0 Å². The van der Waals surface area contributed by atoms with Crippen LogP contribution in [-0.4, -0.2) is 15.5 Å². The summed E-state index contributed by atoms with van der Waals surface area (Å²) < 4.78 is 2.09. The third-order valence-corrected chi connectivity index (χ3v) is 4.14. The summed E-state index contributed by atoms with van der Waals surface area (Å²) in [6.45, 7) is 3.90. The molecule has 0 spiro atoms. The molecule has 0 bridgehead atoms. The maximum absolute atomic E-state index is 9.69. The number of hydrogen-bond donors (Lipinski definition) is 2. The summed E-state index contributed by atoms with van der Waals surface area (Å²) in [7, 11) is 0. The van der Waals surface area contributed by atoms with Crippen molar-refractivity contribution in [3.05, 3.63) is 52.5 Å². The minimum Gasteiger partial charge on any atom is -0.508 e. The van der Waals surface area contributed by atoms with Crippen molar-refractivity contribution in [3.63, 3.8) is 0 Å². The number of phenols is 1. The zero-order valence-corrected chi connectivity index (χ0v) is 12.9. The Morgan fingerprint density at radius 2 is 1.90 bits per heavy atom. The maximum atomic E-state index is 9.69. The highest BCUT2D eigenvalue weighted by Crippen LogP contribution is 2.29. The van der Waals surface area contributed by atoms with Gasteiger partial charge in [0.25, 0.3) is 0 Å². The first-order chi connectivity index (χ1) is 10.1. The van der Waals surface area contributed by atoms with Crippen LogP contribution in [0.1, 0.15) is 24.0 Å². The van der Waals surface area contributed by atoms with Crippen molar-refractivity contribution in [3.8, 4) is 5.75 Å². The van der Waals surface area contributed by atoms with Gasteiger partial charge < -0.3 is 5.11 Å². The highest BCUT2D eigenvalue weighted by atomic mass is 35.5. The molecular formula is C17H18ClN2O+. The molecule has 21 heavy (non-hydrogen) atoms. The van der Waals surface area contributed by atoms with Gasteiger partial charge in [0, 0.05) is 30.0 Å². The molecule has 1 aliphatic rings. The van der Waals surface area contributed by atoms with Crippen LogP contribution in [0.3, 0.4) is 0 Å². The van der Waals surface area contributed by atoms with Crippen LogP contribution in [-0.2, 0) is 0 Å². The SMILES string of the molecule is Cc1cc([N+](Nc2cccc(Cl)c2C)=C2CC2)ccc1O. The molecule has 0 unspecified atom stereocenters. The van der Waals surface area contributed by atoms with E-state index < -0.39 is 0 Å². The molecule has 2 N–H and O–H groups in total. The lowest BCUT2D eigenvalue weighted by molar-refractivity contribution is -0.402. The predicted molar refractivity (Wildman–Crippen MR) is 86.8 cm³/mol. The largest absolute Gasteiger partial charge is 0.508 e. The molecule has 0 amide bonds. The Kier molecular flexibility index (Phi) is 3.60. The van der Waals surface area contributed by atoms with E-state index in [1.165, 1.54) is 5.71 Å². The number of hydrazone groups is 1. The molecular weight excluding hydrogens is 284 g/mol. The Labute approximate surface area is 129 Å². The van der Waals surface area contributed by atoms with E-state index in [4.69, 9.17) is 11.6 Å². The van der Waals surface area contributed by atoms with Crippen LogP contribution in [0.25, 0.3) is 0 Å². The molecule has 4 heteroatoms. The Morgan fingerprint density at radius 1 is 1.14 bits per heavy atom. The highest BCUT2D eigenvalue weighted by molar-refractivity contribution is 6.31. The number of benzene rings is 2. The van der Waals surface area contributed by atoms with Gasteiger partial charge in [0.05, 0.1) is 0 Å². The average Bonchev–Trinajstić information content (AvgIpc) is 3.28. The van der Waals surface area contributed by atoms with E-state index >= 15 is 0 Å². The standard InChI is InChI=1S/C17H17ClN2O/c1-11-10-14(8-9-17(11)21)20(13-6-7-13)19-16-5-3-4-15(18)12(16)2/h3-5,8-10,19H,6-7H2,1-2H3/p+1. The second kappa shape index (κ2) is 5.41. The third kappa shape index (κ3) is 2.88. The van der Waals surface area contributed by atoms with Crippen molar-refractivity contribution in [2.24, 2.45) is 0 Å². The van der Waals surface area contributed by atoms with Gasteiger partial charge in [-0.2, -0.15) is 5.43 Å². The molecule has 2 aromatic rings. The molecule has 0 atom stereocenters. The molecule has 0 radical (unpaired) electrons. The summed E-state index contributed by atoms with van der Waals surface area (Å²) in [5, 5.41) is 10.4. The van der Waals surface area contributed by atoms with Gasteiger partial charge >= 0.3 is 0 Å². The second-order valence-electron chi connectivity index (χ2n) is 5.40. The zero-order chi connectivity index (χ0) is 15.0. The van der Waals surface area contributed by atoms with Crippen molar-refractivity contribution in [2.75, 3.05) is 5.43 Å². The minimum atomic E-state index is 0.318. The van der Waals surface area contributed by atoms with Crippen LogP contribution >= 0.6 is 11.6 Å². The van der Waals surface area contributed by atoms with Crippen molar-refractivity contribution in [1.82, 2.24) is 0 Å². The van der Waals surface area contributed by atoms with Crippen LogP contribution < -0.4 is 5.43 Å². The van der Waals surface area contributed by atoms with E-state index in [1.807, 2.05) is 44.2 Å². The molecule has 1 aliphatic carbocycles. The number of aromatic hydroxyl groups is 1. The molecule has 0 heterocycles. The van der Waals surface area contributed by atoms with E-state index in [2.05, 4.69) is 10.1 Å². The summed E-state index contributed by atoms with van der Waals surface area (Å²) in [6.07, 6.45) is 2.18. The fourth-order valence-electron chi connectivity index (χ4n) is 2.23. The highest BCUT2D eigenvalue weighted by Gasteiger charge is 2.30. The van der Waals surface area contributed by atoms with E-state index in [-0.39, 0.29) is 0 Å². The van der Waals surface area contributed by atoms with Gasteiger partial charge in [-0.1, -0.05) is 22.4 Å². The Morgan fingerprint density at radius 3 is 2.57 bits per heavy atom. The van der Waals surface area contributed by atoms with Crippen molar-refractivity contribution in [2.45, 2.75) is 26.7 Å². The Bertz CT molecular complexity index is 732. The Hall–Kier alpha value is -2.00. The van der Waals surface area contributed by atoms with Gasteiger partial charge in [-0.15, -0.1) is 0 Å². The van der Waals surface area contributed by atoms with E-state index in [0.717, 1.165) is 40.4 Å². The number of hydrogen-bond acceptors (Lipinski definition) is 2. The number of rotatable bonds is 3. The normalized spacial score (nSPS) is 13.2. The smallest absolute Gasteiger partial charge is 0.236 e. The number of hydrazine groups is 1. The summed E-state index contributed by atoms with van der Waals surface area (Å²) >= 11 is 6.19. The fraction of sp³-hybridized carbons (Fsp3) is 0.235. The van der Waals surface area contributed by atoms with E-state index in [0.29, 0.717) is 5.75 Å². The van der Waals surface area contributed by atoms with Crippen molar-refractivity contribution in [1.29, 1.82) is 0 Å². The second-order valence-corrected chi connectivity index (χ2v) is 5.80. The number of nitrogens with zero attached hydrogens (tertiary/aromatic N) is 1. The number of nitrogens with one attached hydrogen (secondary N) is 1. The molecule has 0 aromatic heterocycles. The van der Waals surface area contributed by atoms with Gasteiger partial charge in [-0.05, 0) is 43.2 Å². The number of phenolic OH excluding ortho intramolecular Hbond substituents is 1. The molecule has 0 aliphatic heterocycles. The van der Waals surface area contributed by atoms with Crippen LogP contribution in [0.2, 0.25) is 5.02 Å². The first-order valence-electron chi connectivity index (χ1n) is 7.02. The Balaban J connectivity index is 1.99. The molecule has 3 rings (SSSR count). The van der Waals surface area contributed by atoms with E-state index in [1.54, 1.807) is 6.07 Å². The summed E-state index contributed by atoms with van der Waals surface area (Å²) in [5.41, 5.74) is 8.69. The van der Waals surface area contributed by atoms with Crippen LogP contribution in [0.4, 0.5) is 11.4 Å². The molecule has 3 nitrogen and oxygen atoms in total. The summed E-state index contributed by atoms with van der Waals surface area (Å²) in [5.74, 6) is 0.318. The van der Waals surface area contributed by atoms with Crippen molar-refractivity contribution >= 4 is 28.7 Å². The van der Waals surface area contributed by atoms with Crippen LogP contribution in [0.5, 0.6) is 5.75 Å². The van der Waals surface area contributed by atoms with Crippen LogP contribution in [0.15, 0.2) is 36.4 Å². The molecule has 1 fully saturated rings.